The first kappa shape index (κ1) is 33.8. The number of hydrogen-bond acceptors (Lipinski definition) is 9. The monoisotopic (exact) mass is 624 g/mol. The molecule has 1 saturated heterocycles. The zero-order valence-electron chi connectivity index (χ0n) is 24.7. The van der Waals surface area contributed by atoms with Gasteiger partial charge in [-0.25, -0.2) is 4.79 Å². The number of thiocarbonyl (C=S) groups is 1. The number of benzene rings is 3. The minimum atomic E-state index is -1.05. The molecule has 3 aromatic rings. The Morgan fingerprint density at radius 1 is 0.909 bits per heavy atom. The Bertz CT molecular complexity index is 1420. The highest BCUT2D eigenvalue weighted by Crippen LogP contribution is 2.38. The summed E-state index contributed by atoms with van der Waals surface area (Å²) in [7, 11) is 4.47. The topological polar surface area (TPSA) is 158 Å². The molecule has 12 heteroatoms. The number of carboxylic acids is 2. The van der Waals surface area contributed by atoms with Crippen LogP contribution in [-0.2, 0) is 33.8 Å². The van der Waals surface area contributed by atoms with E-state index in [1.54, 1.807) is 12.1 Å². The highest BCUT2D eigenvalue weighted by atomic mass is 32.1. The van der Waals surface area contributed by atoms with E-state index in [0.29, 0.717) is 40.7 Å². The van der Waals surface area contributed by atoms with Crippen LogP contribution in [0.2, 0.25) is 0 Å². The molecule has 0 aromatic heterocycles. The van der Waals surface area contributed by atoms with Gasteiger partial charge in [0.2, 0.25) is 11.7 Å². The summed E-state index contributed by atoms with van der Waals surface area (Å²) in [6.45, 7) is 0.699. The number of carbonyl (C=O) groups is 3. The van der Waals surface area contributed by atoms with E-state index < -0.39 is 24.0 Å². The van der Waals surface area contributed by atoms with Crippen LogP contribution in [0.1, 0.15) is 23.1 Å². The summed E-state index contributed by atoms with van der Waals surface area (Å²) in [5.74, 6) is -0.291. The predicted molar refractivity (Wildman–Crippen MR) is 167 cm³/mol. The highest BCUT2D eigenvalue weighted by Gasteiger charge is 2.36. The van der Waals surface area contributed by atoms with E-state index in [9.17, 15) is 19.5 Å². The van der Waals surface area contributed by atoms with Crippen molar-refractivity contribution in [3.8, 4) is 23.0 Å². The van der Waals surface area contributed by atoms with Crippen molar-refractivity contribution in [3.05, 3.63) is 83.4 Å². The summed E-state index contributed by atoms with van der Waals surface area (Å²) in [5.41, 5.74) is 8.11. The van der Waals surface area contributed by atoms with Crippen LogP contribution in [-0.4, -0.2) is 77.8 Å². The molecule has 3 aromatic carbocycles. The average molecular weight is 625 g/mol. The fourth-order valence-electron chi connectivity index (χ4n) is 4.49. The summed E-state index contributed by atoms with van der Waals surface area (Å²) in [5, 5.41) is 18.0. The molecule has 4 rings (SSSR count). The lowest BCUT2D eigenvalue weighted by Crippen LogP contribution is -2.41. The molecule has 0 radical (unpaired) electrons. The maximum absolute atomic E-state index is 12.5. The third-order valence-corrected chi connectivity index (χ3v) is 7.07. The zero-order chi connectivity index (χ0) is 32.2. The van der Waals surface area contributed by atoms with Gasteiger partial charge in [0.15, 0.2) is 11.5 Å². The SMILES string of the molecule is COc1cc(CC(=O)N2CC(=S)C[C@H]2C(=O)O)cc(OC)c1OC.N[C@@H](Cc1ccc(OCc2ccccc2)cc1)C(=O)O. The Kier molecular flexibility index (Phi) is 12.5. The molecule has 4 N–H and O–H groups in total. The van der Waals surface area contributed by atoms with Gasteiger partial charge in [0.05, 0.1) is 34.3 Å². The Morgan fingerprint density at radius 2 is 1.52 bits per heavy atom. The smallest absolute Gasteiger partial charge is 0.326 e. The second kappa shape index (κ2) is 16.2. The minimum Gasteiger partial charge on any atom is -0.493 e. The third kappa shape index (κ3) is 9.41. The third-order valence-electron chi connectivity index (χ3n) is 6.77. The van der Waals surface area contributed by atoms with Crippen molar-refractivity contribution in [2.24, 2.45) is 5.73 Å². The molecule has 1 amide bonds. The fraction of sp³-hybridized carbons (Fsp3) is 0.312. The second-order valence-corrected chi connectivity index (χ2v) is 10.5. The van der Waals surface area contributed by atoms with Crippen LogP contribution in [0.3, 0.4) is 0 Å². The van der Waals surface area contributed by atoms with Gasteiger partial charge in [-0.15, -0.1) is 0 Å². The van der Waals surface area contributed by atoms with Gasteiger partial charge < -0.3 is 39.8 Å². The van der Waals surface area contributed by atoms with Crippen molar-refractivity contribution in [2.45, 2.75) is 38.0 Å². The van der Waals surface area contributed by atoms with Gasteiger partial charge in [-0.3, -0.25) is 9.59 Å². The number of methoxy groups -OCH3 is 3. The van der Waals surface area contributed by atoms with Gasteiger partial charge in [-0.1, -0.05) is 54.7 Å². The van der Waals surface area contributed by atoms with Gasteiger partial charge in [0, 0.05) is 11.3 Å². The number of carbonyl (C=O) groups excluding carboxylic acids is 1. The summed E-state index contributed by atoms with van der Waals surface area (Å²) < 4.78 is 21.4. The highest BCUT2D eigenvalue weighted by molar-refractivity contribution is 7.80. The van der Waals surface area contributed by atoms with E-state index in [4.69, 9.17) is 42.0 Å². The lowest BCUT2D eigenvalue weighted by molar-refractivity contribution is -0.148. The number of nitrogens with zero attached hydrogens (tertiary/aromatic N) is 1. The van der Waals surface area contributed by atoms with Crippen LogP contribution in [0.15, 0.2) is 66.7 Å². The Labute approximate surface area is 261 Å². The maximum Gasteiger partial charge on any atom is 0.326 e. The molecule has 0 bridgehead atoms. The van der Waals surface area contributed by atoms with Gasteiger partial charge in [0.25, 0.3) is 0 Å². The van der Waals surface area contributed by atoms with Crippen LogP contribution < -0.4 is 24.7 Å². The van der Waals surface area contributed by atoms with Crippen LogP contribution in [0.25, 0.3) is 0 Å². The Hall–Kier alpha value is -4.68. The van der Waals surface area contributed by atoms with Crippen molar-refractivity contribution in [1.29, 1.82) is 0 Å². The van der Waals surface area contributed by atoms with Gasteiger partial charge in [-0.05, 0) is 47.4 Å². The number of likely N-dealkylation sites (tertiary alicyclic amines) is 1. The molecule has 11 nitrogen and oxygen atoms in total. The standard InChI is InChI=1S/C16H19NO6S.C16H17NO3/c1-21-12-4-9(5-13(22-2)15(12)23-3)6-14(18)17-8-10(24)7-11(17)16(19)20;17-15(16(18)19)10-12-6-8-14(9-7-12)20-11-13-4-2-1-3-5-13/h4-5,11H,6-8H2,1-3H3,(H,19,20);1-9,15H,10-11,17H2,(H,18,19)/t11-;15-/m00/s1. The molecular formula is C32H36N2O9S. The largest absolute Gasteiger partial charge is 0.493 e. The molecule has 1 fully saturated rings. The summed E-state index contributed by atoms with van der Waals surface area (Å²) in [6, 6.07) is 18.8. The Balaban J connectivity index is 0.000000244. The number of ether oxygens (including phenoxy) is 4. The van der Waals surface area contributed by atoms with Crippen LogP contribution >= 0.6 is 12.2 Å². The molecule has 2 atom stereocenters. The van der Waals surface area contributed by atoms with Crippen molar-refractivity contribution in [3.63, 3.8) is 0 Å². The van der Waals surface area contributed by atoms with Crippen molar-refractivity contribution in [1.82, 2.24) is 4.90 Å². The predicted octanol–water partition coefficient (Wildman–Crippen LogP) is 3.53. The van der Waals surface area contributed by atoms with E-state index in [1.165, 1.54) is 26.2 Å². The van der Waals surface area contributed by atoms with E-state index in [2.05, 4.69) is 0 Å². The molecule has 1 aliphatic heterocycles. The summed E-state index contributed by atoms with van der Waals surface area (Å²) in [6.07, 6.45) is 0.545. The number of rotatable bonds is 12. The van der Waals surface area contributed by atoms with Gasteiger partial charge >= 0.3 is 11.9 Å². The molecule has 234 valence electrons. The second-order valence-electron chi connectivity index (χ2n) is 9.90. The number of nitrogens with two attached hydrogens (primary N) is 1. The molecule has 0 saturated carbocycles. The normalized spacial score (nSPS) is 14.6. The molecule has 0 spiro atoms. The average Bonchev–Trinajstić information content (AvgIpc) is 3.43. The lowest BCUT2D eigenvalue weighted by atomic mass is 10.1. The van der Waals surface area contributed by atoms with Crippen LogP contribution in [0, 0.1) is 0 Å². The zero-order valence-corrected chi connectivity index (χ0v) is 25.5. The summed E-state index contributed by atoms with van der Waals surface area (Å²) >= 11 is 5.07. The van der Waals surface area contributed by atoms with E-state index in [1.807, 2.05) is 54.6 Å². The van der Waals surface area contributed by atoms with Crippen molar-refractivity contribution in [2.75, 3.05) is 27.9 Å². The number of aliphatic carboxylic acids is 2. The van der Waals surface area contributed by atoms with E-state index in [-0.39, 0.29) is 25.3 Å². The van der Waals surface area contributed by atoms with Crippen molar-refractivity contribution >= 4 is 34.9 Å². The minimum absolute atomic E-state index is 0.0170. The molecule has 1 heterocycles. The first-order chi connectivity index (χ1) is 21.1. The number of hydrogen-bond donors (Lipinski definition) is 3. The molecule has 0 unspecified atom stereocenters. The van der Waals surface area contributed by atoms with E-state index in [0.717, 1.165) is 16.9 Å². The van der Waals surface area contributed by atoms with Crippen LogP contribution in [0.5, 0.6) is 23.0 Å². The number of carboxylic acid groups (broad SMARTS) is 2. The quantitative estimate of drug-likeness (QED) is 0.253. The fourth-order valence-corrected chi connectivity index (χ4v) is 4.79. The maximum atomic E-state index is 12.5. The number of amides is 1. The van der Waals surface area contributed by atoms with Crippen LogP contribution in [0.4, 0.5) is 0 Å². The first-order valence-corrected chi connectivity index (χ1v) is 14.0. The van der Waals surface area contributed by atoms with Gasteiger partial charge in [0.1, 0.15) is 24.4 Å². The molecule has 1 aliphatic rings. The molecular weight excluding hydrogens is 588 g/mol. The summed E-state index contributed by atoms with van der Waals surface area (Å²) in [4.78, 5) is 36.4. The first-order valence-electron chi connectivity index (χ1n) is 13.6. The van der Waals surface area contributed by atoms with E-state index >= 15 is 0 Å². The lowest BCUT2D eigenvalue weighted by Gasteiger charge is -2.21. The molecule has 0 aliphatic carbocycles. The van der Waals surface area contributed by atoms with Gasteiger partial charge in [-0.2, -0.15) is 0 Å². The molecule has 44 heavy (non-hydrogen) atoms. The Morgan fingerprint density at radius 3 is 2.05 bits per heavy atom. The van der Waals surface area contributed by atoms with Crippen molar-refractivity contribution < 1.29 is 43.5 Å².